The summed E-state index contributed by atoms with van der Waals surface area (Å²) in [6.45, 7) is 5.23. The molecule has 0 atom stereocenters. The molecule has 0 aromatic carbocycles. The number of fused-ring (bicyclic) bond motifs is 2. The van der Waals surface area contributed by atoms with E-state index in [-0.39, 0.29) is 0 Å². The number of pyridine rings is 1. The van der Waals surface area contributed by atoms with Crippen LogP contribution < -0.4 is 19.6 Å². The fraction of sp³-hybridized carbons (Fsp3) is 0.316. The molecule has 2 aliphatic heterocycles. The number of anilines is 6. The van der Waals surface area contributed by atoms with Crippen molar-refractivity contribution in [1.82, 2.24) is 24.9 Å². The van der Waals surface area contributed by atoms with Crippen LogP contribution in [-0.2, 0) is 0 Å². The molecule has 9 nitrogen and oxygen atoms in total. The van der Waals surface area contributed by atoms with Crippen molar-refractivity contribution in [2.45, 2.75) is 13.8 Å². The SMILES string of the molecule is Cc1ncc2c(n1)N(C)CN2c1cncc(N2CN(C)c3nc(C)ncc32)c1. The average molecular weight is 375 g/mol. The Hall–Kier alpha value is -3.49. The molecule has 0 bridgehead atoms. The lowest BCUT2D eigenvalue weighted by molar-refractivity contribution is 0.921. The quantitative estimate of drug-likeness (QED) is 0.671. The Morgan fingerprint density at radius 1 is 0.714 bits per heavy atom. The first-order chi connectivity index (χ1) is 13.5. The highest BCUT2D eigenvalue weighted by Gasteiger charge is 2.29. The largest absolute Gasteiger partial charge is 0.340 e. The van der Waals surface area contributed by atoms with E-state index < -0.39 is 0 Å². The number of hydrogen-bond donors (Lipinski definition) is 0. The van der Waals surface area contributed by atoms with Gasteiger partial charge in [-0.3, -0.25) is 4.98 Å². The fourth-order valence-electron chi connectivity index (χ4n) is 3.71. The van der Waals surface area contributed by atoms with Gasteiger partial charge in [0.2, 0.25) is 0 Å². The molecule has 0 saturated carbocycles. The Balaban J connectivity index is 1.53. The van der Waals surface area contributed by atoms with Crippen molar-refractivity contribution in [1.29, 1.82) is 0 Å². The Morgan fingerprint density at radius 2 is 1.18 bits per heavy atom. The smallest absolute Gasteiger partial charge is 0.157 e. The minimum Gasteiger partial charge on any atom is -0.340 e. The van der Waals surface area contributed by atoms with E-state index >= 15 is 0 Å². The van der Waals surface area contributed by atoms with Crippen LogP contribution in [0, 0.1) is 13.8 Å². The van der Waals surface area contributed by atoms with Gasteiger partial charge >= 0.3 is 0 Å². The Bertz CT molecular complexity index is 986. The average Bonchev–Trinajstić information content (AvgIpc) is 3.19. The topological polar surface area (TPSA) is 77.4 Å². The summed E-state index contributed by atoms with van der Waals surface area (Å²) in [5.41, 5.74) is 3.98. The van der Waals surface area contributed by atoms with Gasteiger partial charge in [-0.1, -0.05) is 0 Å². The van der Waals surface area contributed by atoms with E-state index in [4.69, 9.17) is 0 Å². The van der Waals surface area contributed by atoms with E-state index in [1.54, 1.807) is 0 Å². The Morgan fingerprint density at radius 3 is 1.64 bits per heavy atom. The molecule has 5 heterocycles. The van der Waals surface area contributed by atoms with E-state index in [0.717, 1.165) is 46.0 Å². The molecule has 0 spiro atoms. The molecule has 5 rings (SSSR count). The van der Waals surface area contributed by atoms with Crippen molar-refractivity contribution < 1.29 is 0 Å². The van der Waals surface area contributed by atoms with Gasteiger partial charge in [0.15, 0.2) is 11.6 Å². The van der Waals surface area contributed by atoms with Crippen LogP contribution in [-0.4, -0.2) is 52.4 Å². The van der Waals surface area contributed by atoms with Crippen LogP contribution in [0.5, 0.6) is 0 Å². The normalized spacial score (nSPS) is 15.3. The highest BCUT2D eigenvalue weighted by atomic mass is 15.4. The minimum absolute atomic E-state index is 0.706. The van der Waals surface area contributed by atoms with Gasteiger partial charge in [0.05, 0.1) is 49.5 Å². The van der Waals surface area contributed by atoms with Crippen molar-refractivity contribution in [3.8, 4) is 0 Å². The summed E-state index contributed by atoms with van der Waals surface area (Å²) in [6, 6.07) is 2.14. The second-order valence-electron chi connectivity index (χ2n) is 7.19. The van der Waals surface area contributed by atoms with Gasteiger partial charge in [-0.15, -0.1) is 0 Å². The maximum absolute atomic E-state index is 4.58. The minimum atomic E-state index is 0.706. The first-order valence-electron chi connectivity index (χ1n) is 9.11. The van der Waals surface area contributed by atoms with Crippen molar-refractivity contribution in [3.63, 3.8) is 0 Å². The Kier molecular flexibility index (Phi) is 3.58. The number of rotatable bonds is 2. The third-order valence-corrected chi connectivity index (χ3v) is 5.09. The van der Waals surface area contributed by atoms with Crippen molar-refractivity contribution in [3.05, 3.63) is 42.5 Å². The number of nitrogens with zero attached hydrogens (tertiary/aromatic N) is 9. The second-order valence-corrected chi connectivity index (χ2v) is 7.19. The molecule has 9 heteroatoms. The molecule has 0 saturated heterocycles. The summed E-state index contributed by atoms with van der Waals surface area (Å²) in [4.78, 5) is 31.0. The van der Waals surface area contributed by atoms with Crippen LogP contribution in [0.3, 0.4) is 0 Å². The third kappa shape index (κ3) is 2.50. The number of aromatic nitrogens is 5. The summed E-state index contributed by atoms with van der Waals surface area (Å²) >= 11 is 0. The fourth-order valence-corrected chi connectivity index (χ4v) is 3.71. The van der Waals surface area contributed by atoms with Gasteiger partial charge < -0.3 is 19.6 Å². The highest BCUT2D eigenvalue weighted by molar-refractivity contribution is 5.82. The zero-order chi connectivity index (χ0) is 19.4. The number of hydrogen-bond acceptors (Lipinski definition) is 9. The lowest BCUT2D eigenvalue weighted by atomic mass is 10.3. The summed E-state index contributed by atoms with van der Waals surface area (Å²) in [7, 11) is 4.07. The van der Waals surface area contributed by atoms with Gasteiger partial charge in [-0.25, -0.2) is 19.9 Å². The molecule has 28 heavy (non-hydrogen) atoms. The molecule has 0 radical (unpaired) electrons. The molecule has 0 amide bonds. The van der Waals surface area contributed by atoms with Gasteiger partial charge in [0.1, 0.15) is 23.0 Å². The van der Waals surface area contributed by atoms with Crippen LogP contribution in [0.4, 0.5) is 34.4 Å². The summed E-state index contributed by atoms with van der Waals surface area (Å²) in [6.07, 6.45) is 7.50. The van der Waals surface area contributed by atoms with Crippen LogP contribution in [0.2, 0.25) is 0 Å². The summed E-state index contributed by atoms with van der Waals surface area (Å²) < 4.78 is 0. The maximum atomic E-state index is 4.58. The van der Waals surface area contributed by atoms with E-state index in [1.165, 1.54) is 0 Å². The molecule has 0 unspecified atom stereocenters. The third-order valence-electron chi connectivity index (χ3n) is 5.09. The van der Waals surface area contributed by atoms with Crippen LogP contribution in [0.1, 0.15) is 11.6 Å². The zero-order valence-corrected chi connectivity index (χ0v) is 16.3. The van der Waals surface area contributed by atoms with Crippen LogP contribution in [0.15, 0.2) is 30.9 Å². The zero-order valence-electron chi connectivity index (χ0n) is 16.3. The summed E-state index contributed by atoms with van der Waals surface area (Å²) in [5, 5.41) is 0. The molecule has 2 aliphatic rings. The number of aryl methyl sites for hydroxylation is 2. The molecular weight excluding hydrogens is 354 g/mol. The van der Waals surface area contributed by atoms with Gasteiger partial charge in [-0.2, -0.15) is 0 Å². The van der Waals surface area contributed by atoms with Crippen LogP contribution >= 0.6 is 0 Å². The van der Waals surface area contributed by atoms with E-state index in [9.17, 15) is 0 Å². The van der Waals surface area contributed by atoms with E-state index in [2.05, 4.69) is 50.6 Å². The maximum Gasteiger partial charge on any atom is 0.157 e. The molecule has 142 valence electrons. The lowest BCUT2D eigenvalue weighted by Crippen LogP contribution is -2.26. The summed E-state index contributed by atoms with van der Waals surface area (Å²) in [5.74, 6) is 3.42. The lowest BCUT2D eigenvalue weighted by Gasteiger charge is -2.22. The van der Waals surface area contributed by atoms with E-state index in [1.807, 2.05) is 52.7 Å². The molecule has 0 fully saturated rings. The monoisotopic (exact) mass is 375 g/mol. The van der Waals surface area contributed by atoms with Crippen LogP contribution in [0.25, 0.3) is 0 Å². The van der Waals surface area contributed by atoms with Crippen molar-refractivity contribution >= 4 is 34.4 Å². The first kappa shape index (κ1) is 16.7. The first-order valence-corrected chi connectivity index (χ1v) is 9.11. The van der Waals surface area contributed by atoms with E-state index in [0.29, 0.717) is 13.3 Å². The predicted molar refractivity (Wildman–Crippen MR) is 109 cm³/mol. The van der Waals surface area contributed by atoms with Crippen molar-refractivity contribution in [2.75, 3.05) is 47.0 Å². The van der Waals surface area contributed by atoms with Gasteiger partial charge in [0, 0.05) is 14.1 Å². The molecule has 0 aliphatic carbocycles. The molecule has 3 aromatic heterocycles. The van der Waals surface area contributed by atoms with Gasteiger partial charge in [0.25, 0.3) is 0 Å². The molecular formula is C19H21N9. The van der Waals surface area contributed by atoms with Gasteiger partial charge in [-0.05, 0) is 19.9 Å². The molecule has 3 aromatic rings. The van der Waals surface area contributed by atoms with Crippen molar-refractivity contribution in [2.24, 2.45) is 0 Å². The highest BCUT2D eigenvalue weighted by Crippen LogP contribution is 2.41. The standard InChI is InChI=1S/C19H21N9/c1-12-21-8-16-18(23-12)25(3)10-27(16)14-5-15(7-20-6-14)28-11-26(4)19-17(28)9-22-13(2)24-19/h5-9H,10-11H2,1-4H3. The molecule has 0 N–H and O–H groups in total. The Labute approximate surface area is 163 Å². The second kappa shape index (κ2) is 6.01. The predicted octanol–water partition coefficient (Wildman–Crippen LogP) is 2.37.